The molecule has 5 atom stereocenters. The minimum absolute atomic E-state index is 0.113. The summed E-state index contributed by atoms with van der Waals surface area (Å²) in [5, 5.41) is 0. The molecule has 26 heavy (non-hydrogen) atoms. The summed E-state index contributed by atoms with van der Waals surface area (Å²) in [6.45, 7) is 3.12. The summed E-state index contributed by atoms with van der Waals surface area (Å²) in [6.07, 6.45) is -1.63. The molecule has 2 saturated carbocycles. The van der Waals surface area contributed by atoms with Crippen LogP contribution in [-0.2, 0) is 28.6 Å². The molecule has 0 aromatic heterocycles. The van der Waals surface area contributed by atoms with E-state index in [4.69, 9.17) is 14.2 Å². The van der Waals surface area contributed by atoms with E-state index in [0.29, 0.717) is 12.8 Å². The molecule has 1 heterocycles. The van der Waals surface area contributed by atoms with Crippen molar-refractivity contribution in [3.63, 3.8) is 0 Å². The number of fused-ring (bicyclic) bond motifs is 1. The molecule has 2 bridgehead atoms. The summed E-state index contributed by atoms with van der Waals surface area (Å²) >= 11 is 0. The first-order chi connectivity index (χ1) is 12.2. The number of hydrogen-bond acceptors (Lipinski definition) is 6. The van der Waals surface area contributed by atoms with Crippen LogP contribution in [0, 0.1) is 22.7 Å². The van der Waals surface area contributed by atoms with Crippen molar-refractivity contribution in [2.24, 2.45) is 22.7 Å². The lowest BCUT2D eigenvalue weighted by Gasteiger charge is -2.32. The number of ether oxygens (including phenoxy) is 3. The average Bonchev–Trinajstić information content (AvgIpc) is 3.21. The summed E-state index contributed by atoms with van der Waals surface area (Å²) in [7, 11) is 0. The third-order valence-electron chi connectivity index (χ3n) is 6.23. The van der Waals surface area contributed by atoms with Gasteiger partial charge in [0.05, 0.1) is 5.41 Å². The zero-order chi connectivity index (χ0) is 19.3. The predicted molar refractivity (Wildman–Crippen MR) is 84.3 cm³/mol. The molecule has 1 saturated heterocycles. The van der Waals surface area contributed by atoms with Crippen molar-refractivity contribution in [1.82, 2.24) is 0 Å². The number of carbonyl (C=O) groups excluding carboxylic acids is 3. The monoisotopic (exact) mass is 374 g/mol. The fraction of sp³-hybridized carbons (Fsp3) is 0.833. The van der Waals surface area contributed by atoms with Gasteiger partial charge in [0.15, 0.2) is 11.5 Å². The van der Waals surface area contributed by atoms with Gasteiger partial charge in [-0.25, -0.2) is 8.78 Å². The van der Waals surface area contributed by atoms with Crippen molar-refractivity contribution in [2.75, 3.05) is 13.3 Å². The van der Waals surface area contributed by atoms with Gasteiger partial charge < -0.3 is 14.2 Å². The van der Waals surface area contributed by atoms with Crippen LogP contribution in [0.3, 0.4) is 0 Å². The molecule has 3 fully saturated rings. The second-order valence-corrected chi connectivity index (χ2v) is 8.09. The molecule has 3 aliphatic rings. The molecule has 6 nitrogen and oxygen atoms in total. The molecule has 5 unspecified atom stereocenters. The van der Waals surface area contributed by atoms with E-state index in [1.165, 1.54) is 0 Å². The largest absolute Gasteiger partial charge is 0.458 e. The highest BCUT2D eigenvalue weighted by Crippen LogP contribution is 2.63. The maximum atomic E-state index is 12.7. The van der Waals surface area contributed by atoms with Crippen LogP contribution in [0.2, 0.25) is 0 Å². The zero-order valence-corrected chi connectivity index (χ0v) is 15.1. The minimum atomic E-state index is -1.53. The molecule has 2 aliphatic carbocycles. The van der Waals surface area contributed by atoms with Crippen LogP contribution in [0.1, 0.15) is 40.0 Å². The molecule has 0 N–H and O–H groups in total. The van der Waals surface area contributed by atoms with E-state index in [2.05, 4.69) is 0 Å². The van der Waals surface area contributed by atoms with Gasteiger partial charge in [0.25, 0.3) is 0 Å². The number of hydrogen-bond donors (Lipinski definition) is 0. The third-order valence-corrected chi connectivity index (χ3v) is 6.23. The fourth-order valence-corrected chi connectivity index (χ4v) is 4.22. The summed E-state index contributed by atoms with van der Waals surface area (Å²) < 4.78 is 41.3. The van der Waals surface area contributed by atoms with E-state index >= 15 is 0 Å². The number of halogens is 2. The third kappa shape index (κ3) is 2.60. The lowest BCUT2D eigenvalue weighted by Crippen LogP contribution is -2.47. The van der Waals surface area contributed by atoms with Crippen LogP contribution < -0.4 is 0 Å². The summed E-state index contributed by atoms with van der Waals surface area (Å²) in [5.74, 6) is -2.76. The van der Waals surface area contributed by atoms with Crippen molar-refractivity contribution < 1.29 is 37.4 Å². The Morgan fingerprint density at radius 3 is 2.58 bits per heavy atom. The van der Waals surface area contributed by atoms with E-state index in [0.717, 1.165) is 0 Å². The molecular formula is C18H24F2O6. The van der Waals surface area contributed by atoms with Crippen molar-refractivity contribution in [3.8, 4) is 0 Å². The molecule has 0 aromatic carbocycles. The molecular weight excluding hydrogens is 350 g/mol. The van der Waals surface area contributed by atoms with E-state index < -0.39 is 60.3 Å². The second kappa shape index (κ2) is 6.46. The highest BCUT2D eigenvalue weighted by molar-refractivity contribution is 6.03. The SMILES string of the molecule is CCC(C)(C)C(=O)OC1C2CC3C1OC(=O)C3(C(=O)OC(CF)CF)C2. The number of carbonyl (C=O) groups is 3. The van der Waals surface area contributed by atoms with Gasteiger partial charge in [0, 0.05) is 11.8 Å². The Kier molecular flexibility index (Phi) is 4.73. The first kappa shape index (κ1) is 19.0. The van der Waals surface area contributed by atoms with Gasteiger partial charge in [-0.3, -0.25) is 14.4 Å². The van der Waals surface area contributed by atoms with Gasteiger partial charge in [-0.15, -0.1) is 0 Å². The Morgan fingerprint density at radius 2 is 2.00 bits per heavy atom. The molecule has 8 heteroatoms. The van der Waals surface area contributed by atoms with Crippen molar-refractivity contribution in [2.45, 2.75) is 58.3 Å². The fourth-order valence-electron chi connectivity index (χ4n) is 4.22. The van der Waals surface area contributed by atoms with Crippen LogP contribution in [0.25, 0.3) is 0 Å². The normalized spacial score (nSPS) is 34.9. The van der Waals surface area contributed by atoms with E-state index in [-0.39, 0.29) is 18.3 Å². The van der Waals surface area contributed by atoms with Crippen molar-refractivity contribution in [3.05, 3.63) is 0 Å². The van der Waals surface area contributed by atoms with Gasteiger partial charge in [0.2, 0.25) is 0 Å². The molecule has 0 aromatic rings. The van der Waals surface area contributed by atoms with Crippen LogP contribution in [0.4, 0.5) is 8.78 Å². The van der Waals surface area contributed by atoms with Gasteiger partial charge in [0.1, 0.15) is 25.6 Å². The summed E-state index contributed by atoms with van der Waals surface area (Å²) in [5.41, 5.74) is -2.18. The number of rotatable bonds is 7. The molecule has 146 valence electrons. The molecule has 0 amide bonds. The van der Waals surface area contributed by atoms with Gasteiger partial charge in [-0.2, -0.15) is 0 Å². The van der Waals surface area contributed by atoms with Crippen LogP contribution in [0.5, 0.6) is 0 Å². The first-order valence-electron chi connectivity index (χ1n) is 8.96. The lowest BCUT2D eigenvalue weighted by molar-refractivity contribution is -0.171. The van der Waals surface area contributed by atoms with Crippen LogP contribution in [0.15, 0.2) is 0 Å². The molecule has 0 radical (unpaired) electrons. The predicted octanol–water partition coefficient (Wildman–Crippen LogP) is 2.14. The number of esters is 3. The maximum Gasteiger partial charge on any atom is 0.324 e. The Hall–Kier alpha value is -1.73. The van der Waals surface area contributed by atoms with Crippen LogP contribution >= 0.6 is 0 Å². The molecule has 3 rings (SSSR count). The van der Waals surface area contributed by atoms with Gasteiger partial charge >= 0.3 is 17.9 Å². The van der Waals surface area contributed by atoms with Gasteiger partial charge in [-0.05, 0) is 33.1 Å². The highest BCUT2D eigenvalue weighted by atomic mass is 19.1. The Morgan fingerprint density at radius 1 is 1.35 bits per heavy atom. The molecule has 0 spiro atoms. The van der Waals surface area contributed by atoms with E-state index in [1.54, 1.807) is 13.8 Å². The van der Waals surface area contributed by atoms with Crippen molar-refractivity contribution in [1.29, 1.82) is 0 Å². The molecule has 1 aliphatic heterocycles. The topological polar surface area (TPSA) is 78.9 Å². The maximum absolute atomic E-state index is 12.7. The highest BCUT2D eigenvalue weighted by Gasteiger charge is 2.75. The smallest absolute Gasteiger partial charge is 0.324 e. The average molecular weight is 374 g/mol. The van der Waals surface area contributed by atoms with Crippen molar-refractivity contribution >= 4 is 17.9 Å². The Bertz CT molecular complexity index is 617. The zero-order valence-electron chi connectivity index (χ0n) is 15.1. The van der Waals surface area contributed by atoms with Gasteiger partial charge in [-0.1, -0.05) is 6.92 Å². The number of alkyl halides is 2. The van der Waals surface area contributed by atoms with Crippen LogP contribution in [-0.4, -0.2) is 49.6 Å². The van der Waals surface area contributed by atoms with E-state index in [1.807, 2.05) is 6.92 Å². The Labute approximate surface area is 150 Å². The first-order valence-corrected chi connectivity index (χ1v) is 8.96. The quantitative estimate of drug-likeness (QED) is 0.386. The lowest BCUT2D eigenvalue weighted by atomic mass is 9.73. The standard InChI is InChI=1S/C18H24F2O6/c1-4-17(2,3)14(21)25-12-9-5-11-13(12)26-16(23)18(11,6-9)15(22)24-10(7-19)8-20/h9-13H,4-8H2,1-3H3. The minimum Gasteiger partial charge on any atom is -0.458 e. The summed E-state index contributed by atoms with van der Waals surface area (Å²) in [4.78, 5) is 37.4. The van der Waals surface area contributed by atoms with E-state index in [9.17, 15) is 23.2 Å². The summed E-state index contributed by atoms with van der Waals surface area (Å²) in [6, 6.07) is 0. The second-order valence-electron chi connectivity index (χ2n) is 8.09. The Balaban J connectivity index is 1.76.